The smallest absolute Gasteiger partial charge is 0.259 e. The Balaban J connectivity index is 2.37. The lowest BCUT2D eigenvalue weighted by atomic mass is 10.2. The van der Waals surface area contributed by atoms with Gasteiger partial charge < -0.3 is 5.32 Å². The molecule has 0 saturated heterocycles. The molecule has 0 saturated carbocycles. The molecule has 7 heteroatoms. The van der Waals surface area contributed by atoms with E-state index in [-0.39, 0.29) is 21.2 Å². The number of nitrogens with one attached hydrogen (secondary N) is 1. The second kappa shape index (κ2) is 5.31. The molecule has 2 aromatic rings. The van der Waals surface area contributed by atoms with E-state index >= 15 is 0 Å². The minimum absolute atomic E-state index is 0.163. The first-order valence-electron chi connectivity index (χ1n) is 5.22. The Bertz CT molecular complexity index is 667. The van der Waals surface area contributed by atoms with Crippen LogP contribution < -0.4 is 5.32 Å². The van der Waals surface area contributed by atoms with Crippen LogP contribution in [0.3, 0.4) is 0 Å². The van der Waals surface area contributed by atoms with Crippen LogP contribution in [0.25, 0.3) is 0 Å². The number of nitriles is 1. The highest BCUT2D eigenvalue weighted by Gasteiger charge is 2.18. The molecule has 0 aliphatic carbocycles. The zero-order valence-electron chi connectivity index (χ0n) is 9.82. The second-order valence-corrected chi connectivity index (χ2v) is 4.51. The standard InChI is InChI=1S/C12H8Cl2N4O/c1-18-11(7(5-15)6-16-18)17-12(19)10-8(13)3-2-4-9(10)14/h2-4,6H,1H3,(H,17,19). The minimum Gasteiger partial charge on any atom is -0.306 e. The van der Waals surface area contributed by atoms with Gasteiger partial charge in [-0.15, -0.1) is 0 Å². The second-order valence-electron chi connectivity index (χ2n) is 3.69. The third-order valence-corrected chi connectivity index (χ3v) is 3.11. The van der Waals surface area contributed by atoms with Gasteiger partial charge >= 0.3 is 0 Å². The molecule has 0 spiro atoms. The van der Waals surface area contributed by atoms with Crippen molar-refractivity contribution in [3.63, 3.8) is 0 Å². The van der Waals surface area contributed by atoms with Crippen molar-refractivity contribution in [3.05, 3.63) is 45.6 Å². The SMILES string of the molecule is Cn1ncc(C#N)c1NC(=O)c1c(Cl)cccc1Cl. The third-order valence-electron chi connectivity index (χ3n) is 2.48. The highest BCUT2D eigenvalue weighted by atomic mass is 35.5. The molecular formula is C12H8Cl2N4O. The van der Waals surface area contributed by atoms with Gasteiger partial charge in [-0.05, 0) is 12.1 Å². The summed E-state index contributed by atoms with van der Waals surface area (Å²) < 4.78 is 1.39. The average molecular weight is 295 g/mol. The number of carbonyl (C=O) groups excluding carboxylic acids is 1. The summed E-state index contributed by atoms with van der Waals surface area (Å²) in [4.78, 5) is 12.1. The lowest BCUT2D eigenvalue weighted by Gasteiger charge is -2.08. The van der Waals surface area contributed by atoms with Crippen molar-refractivity contribution in [1.82, 2.24) is 9.78 Å². The number of amides is 1. The zero-order valence-corrected chi connectivity index (χ0v) is 11.3. The van der Waals surface area contributed by atoms with Crippen molar-refractivity contribution in [2.45, 2.75) is 0 Å². The summed E-state index contributed by atoms with van der Waals surface area (Å²) in [5.41, 5.74) is 0.426. The molecule has 0 fully saturated rings. The third kappa shape index (κ3) is 2.55. The lowest BCUT2D eigenvalue weighted by molar-refractivity contribution is 0.102. The normalized spacial score (nSPS) is 10.0. The number of aromatic nitrogens is 2. The van der Waals surface area contributed by atoms with Crippen molar-refractivity contribution in [2.24, 2.45) is 7.05 Å². The summed E-state index contributed by atoms with van der Waals surface area (Å²) in [7, 11) is 1.62. The minimum atomic E-state index is -0.490. The van der Waals surface area contributed by atoms with Gasteiger partial charge in [-0.2, -0.15) is 10.4 Å². The predicted octanol–water partition coefficient (Wildman–Crippen LogP) is 2.85. The molecule has 0 radical (unpaired) electrons. The number of rotatable bonds is 2. The summed E-state index contributed by atoms with van der Waals surface area (Å²) in [6.07, 6.45) is 1.36. The van der Waals surface area contributed by atoms with Gasteiger partial charge in [-0.25, -0.2) is 0 Å². The van der Waals surface area contributed by atoms with Crippen molar-refractivity contribution < 1.29 is 4.79 Å². The first kappa shape index (κ1) is 13.4. The first-order valence-corrected chi connectivity index (χ1v) is 5.97. The van der Waals surface area contributed by atoms with Crippen LogP contribution in [0.1, 0.15) is 15.9 Å². The van der Waals surface area contributed by atoms with Crippen molar-refractivity contribution in [3.8, 4) is 6.07 Å². The topological polar surface area (TPSA) is 70.7 Å². The zero-order chi connectivity index (χ0) is 14.0. The van der Waals surface area contributed by atoms with E-state index in [9.17, 15) is 4.79 Å². The Kier molecular flexibility index (Phi) is 3.74. The number of anilines is 1. The van der Waals surface area contributed by atoms with Crippen LogP contribution in [0.4, 0.5) is 5.82 Å². The van der Waals surface area contributed by atoms with Crippen LogP contribution in [-0.4, -0.2) is 15.7 Å². The van der Waals surface area contributed by atoms with Gasteiger partial charge in [0.15, 0.2) is 0 Å². The Morgan fingerprint density at radius 2 is 2.05 bits per heavy atom. The van der Waals surface area contributed by atoms with E-state index in [1.165, 1.54) is 10.9 Å². The van der Waals surface area contributed by atoms with Gasteiger partial charge in [0.2, 0.25) is 0 Å². The van der Waals surface area contributed by atoms with E-state index in [2.05, 4.69) is 10.4 Å². The molecule has 0 aliphatic rings. The maximum Gasteiger partial charge on any atom is 0.259 e. The molecular weight excluding hydrogens is 287 g/mol. The molecule has 96 valence electrons. The van der Waals surface area contributed by atoms with Crippen LogP contribution in [-0.2, 0) is 7.05 Å². The van der Waals surface area contributed by atoms with Gasteiger partial charge in [-0.1, -0.05) is 29.3 Å². The first-order chi connectivity index (χ1) is 9.04. The predicted molar refractivity (Wildman–Crippen MR) is 72.3 cm³/mol. The molecule has 0 unspecified atom stereocenters. The van der Waals surface area contributed by atoms with E-state index < -0.39 is 5.91 Å². The molecule has 1 aromatic heterocycles. The summed E-state index contributed by atoms with van der Waals surface area (Å²) in [5, 5.41) is 15.9. The van der Waals surface area contributed by atoms with E-state index in [4.69, 9.17) is 28.5 Å². The fourth-order valence-corrected chi connectivity index (χ4v) is 2.12. The number of halogens is 2. The Morgan fingerprint density at radius 3 is 2.63 bits per heavy atom. The van der Waals surface area contributed by atoms with Crippen LogP contribution in [0.5, 0.6) is 0 Å². The summed E-state index contributed by atoms with van der Waals surface area (Å²) in [6, 6.07) is 6.72. The maximum absolute atomic E-state index is 12.1. The number of aryl methyl sites for hydroxylation is 1. The number of benzene rings is 1. The molecule has 0 bridgehead atoms. The fourth-order valence-electron chi connectivity index (χ4n) is 1.55. The quantitative estimate of drug-likeness (QED) is 0.926. The van der Waals surface area contributed by atoms with E-state index in [1.807, 2.05) is 6.07 Å². The Hall–Kier alpha value is -2.03. The molecule has 1 amide bonds. The molecule has 0 aliphatic heterocycles. The van der Waals surface area contributed by atoms with Crippen molar-refractivity contribution in [1.29, 1.82) is 5.26 Å². The number of nitrogens with zero attached hydrogens (tertiary/aromatic N) is 3. The van der Waals surface area contributed by atoms with Crippen LogP contribution in [0, 0.1) is 11.3 Å². The molecule has 19 heavy (non-hydrogen) atoms. The number of hydrogen-bond donors (Lipinski definition) is 1. The summed E-state index contributed by atoms with van der Waals surface area (Å²) in [5.74, 6) is -0.195. The monoisotopic (exact) mass is 294 g/mol. The average Bonchev–Trinajstić information content (AvgIpc) is 2.70. The largest absolute Gasteiger partial charge is 0.306 e. The van der Waals surface area contributed by atoms with E-state index in [0.717, 1.165) is 0 Å². The van der Waals surface area contributed by atoms with E-state index in [1.54, 1.807) is 25.2 Å². The van der Waals surface area contributed by atoms with Gasteiger partial charge in [0.1, 0.15) is 17.5 Å². The van der Waals surface area contributed by atoms with Crippen molar-refractivity contribution in [2.75, 3.05) is 5.32 Å². The van der Waals surface area contributed by atoms with Crippen LogP contribution >= 0.6 is 23.2 Å². The van der Waals surface area contributed by atoms with Gasteiger partial charge in [0.05, 0.1) is 21.8 Å². The lowest BCUT2D eigenvalue weighted by Crippen LogP contribution is -2.16. The highest BCUT2D eigenvalue weighted by molar-refractivity contribution is 6.40. The highest BCUT2D eigenvalue weighted by Crippen LogP contribution is 2.25. The van der Waals surface area contributed by atoms with Gasteiger partial charge in [0, 0.05) is 7.05 Å². The van der Waals surface area contributed by atoms with Gasteiger partial charge in [0.25, 0.3) is 5.91 Å². The Labute approximate surface area is 119 Å². The molecule has 1 aromatic carbocycles. The van der Waals surface area contributed by atoms with E-state index in [0.29, 0.717) is 5.82 Å². The molecule has 0 atom stereocenters. The number of hydrogen-bond acceptors (Lipinski definition) is 3. The molecule has 1 heterocycles. The van der Waals surface area contributed by atoms with Gasteiger partial charge in [-0.3, -0.25) is 9.48 Å². The molecule has 5 nitrogen and oxygen atoms in total. The molecule has 1 N–H and O–H groups in total. The number of carbonyl (C=O) groups is 1. The van der Waals surface area contributed by atoms with Crippen molar-refractivity contribution >= 4 is 34.9 Å². The summed E-state index contributed by atoms with van der Waals surface area (Å²) in [6.45, 7) is 0. The Morgan fingerprint density at radius 1 is 1.42 bits per heavy atom. The summed E-state index contributed by atoms with van der Waals surface area (Å²) >= 11 is 11.9. The van der Waals surface area contributed by atoms with Crippen LogP contribution in [0.2, 0.25) is 10.0 Å². The maximum atomic E-state index is 12.1. The fraction of sp³-hybridized carbons (Fsp3) is 0.0833. The molecule has 2 rings (SSSR count). The van der Waals surface area contributed by atoms with Crippen LogP contribution in [0.15, 0.2) is 24.4 Å².